The zero-order chi connectivity index (χ0) is 8.55. The first-order valence-electron chi connectivity index (χ1n) is 3.69. The lowest BCUT2D eigenvalue weighted by atomic mass is 10.1. The molecule has 1 aliphatic rings. The molecule has 0 fully saturated rings. The minimum absolute atomic E-state index is 0.00595. The molecule has 1 aromatic carbocycles. The molecule has 0 atom stereocenters. The van der Waals surface area contributed by atoms with Crippen molar-refractivity contribution in [2.75, 3.05) is 5.43 Å². The van der Waals surface area contributed by atoms with Crippen molar-refractivity contribution in [2.24, 2.45) is 5.84 Å². The van der Waals surface area contributed by atoms with E-state index < -0.39 is 0 Å². The number of benzene rings is 1. The first-order valence-corrected chi connectivity index (χ1v) is 3.69. The lowest BCUT2D eigenvalue weighted by molar-refractivity contribution is 0.0966. The molecular weight excluding hydrogens is 154 g/mol. The molecule has 1 aliphatic heterocycles. The molecule has 4 N–H and O–H groups in total. The van der Waals surface area contributed by atoms with E-state index in [9.17, 15) is 4.79 Å². The number of carbonyl (C=O) groups is 1. The van der Waals surface area contributed by atoms with Crippen LogP contribution in [0, 0.1) is 0 Å². The molecule has 4 heteroatoms. The van der Waals surface area contributed by atoms with Gasteiger partial charge in [0, 0.05) is 17.8 Å². The molecule has 4 nitrogen and oxygen atoms in total. The molecule has 0 bridgehead atoms. The zero-order valence-electron chi connectivity index (χ0n) is 6.42. The summed E-state index contributed by atoms with van der Waals surface area (Å²) in [6, 6.07) is 5.42. The Labute approximate surface area is 69.7 Å². The second-order valence-electron chi connectivity index (χ2n) is 2.70. The van der Waals surface area contributed by atoms with Gasteiger partial charge in [0.1, 0.15) is 0 Å². The molecule has 0 radical (unpaired) electrons. The molecule has 2 rings (SSSR count). The van der Waals surface area contributed by atoms with Crippen LogP contribution in [0.25, 0.3) is 0 Å². The maximum Gasteiger partial charge on any atom is 0.251 e. The Balaban J connectivity index is 2.48. The maximum atomic E-state index is 11.1. The van der Waals surface area contributed by atoms with Crippen LogP contribution in [0.4, 0.5) is 5.69 Å². The van der Waals surface area contributed by atoms with E-state index in [1.807, 2.05) is 6.07 Å². The second kappa shape index (κ2) is 2.49. The summed E-state index contributed by atoms with van der Waals surface area (Å²) in [4.78, 5) is 11.1. The van der Waals surface area contributed by atoms with Gasteiger partial charge in [0.2, 0.25) is 0 Å². The fourth-order valence-electron chi connectivity index (χ4n) is 1.32. The molecule has 0 unspecified atom stereocenters. The van der Waals surface area contributed by atoms with Crippen LogP contribution < -0.4 is 16.6 Å². The van der Waals surface area contributed by atoms with Crippen LogP contribution in [-0.4, -0.2) is 5.91 Å². The standard InChI is InChI=1S/C8H9N3O/c9-11-6-1-2-7-5(3-6)4-10-8(7)12/h1-3,11H,4,9H2,(H,10,12). The Kier molecular flexibility index (Phi) is 1.48. The highest BCUT2D eigenvalue weighted by atomic mass is 16.1. The Hall–Kier alpha value is -1.55. The lowest BCUT2D eigenvalue weighted by Crippen LogP contribution is -2.12. The second-order valence-corrected chi connectivity index (χ2v) is 2.70. The van der Waals surface area contributed by atoms with Gasteiger partial charge in [0.05, 0.1) is 0 Å². The van der Waals surface area contributed by atoms with Crippen molar-refractivity contribution in [3.63, 3.8) is 0 Å². The van der Waals surface area contributed by atoms with Crippen molar-refractivity contribution < 1.29 is 4.79 Å². The van der Waals surface area contributed by atoms with Crippen molar-refractivity contribution in [3.8, 4) is 0 Å². The monoisotopic (exact) mass is 163 g/mol. The summed E-state index contributed by atoms with van der Waals surface area (Å²) in [6.07, 6.45) is 0. The van der Waals surface area contributed by atoms with Gasteiger partial charge in [-0.15, -0.1) is 0 Å². The van der Waals surface area contributed by atoms with Crippen LogP contribution in [0.5, 0.6) is 0 Å². The van der Waals surface area contributed by atoms with E-state index in [0.717, 1.165) is 16.8 Å². The number of hydrazine groups is 1. The highest BCUT2D eigenvalue weighted by molar-refractivity contribution is 5.98. The van der Waals surface area contributed by atoms with E-state index in [0.29, 0.717) is 6.54 Å². The van der Waals surface area contributed by atoms with E-state index in [4.69, 9.17) is 5.84 Å². The molecular formula is C8H9N3O. The maximum absolute atomic E-state index is 11.1. The number of carbonyl (C=O) groups excluding carboxylic acids is 1. The third-order valence-corrected chi connectivity index (χ3v) is 1.96. The molecule has 1 heterocycles. The molecule has 0 saturated heterocycles. The molecule has 0 spiro atoms. The molecule has 12 heavy (non-hydrogen) atoms. The summed E-state index contributed by atoms with van der Waals surface area (Å²) in [6.45, 7) is 0.601. The van der Waals surface area contributed by atoms with Crippen molar-refractivity contribution in [2.45, 2.75) is 6.54 Å². The van der Waals surface area contributed by atoms with Crippen LogP contribution in [0.2, 0.25) is 0 Å². The first kappa shape index (κ1) is 7.12. The largest absolute Gasteiger partial charge is 0.348 e. The van der Waals surface area contributed by atoms with Gasteiger partial charge in [0.15, 0.2) is 0 Å². The third-order valence-electron chi connectivity index (χ3n) is 1.96. The number of rotatable bonds is 1. The number of anilines is 1. The number of fused-ring (bicyclic) bond motifs is 1. The predicted molar refractivity (Wildman–Crippen MR) is 45.4 cm³/mol. The Morgan fingerprint density at radius 3 is 3.08 bits per heavy atom. The van der Waals surface area contributed by atoms with Crippen LogP contribution in [0.15, 0.2) is 18.2 Å². The summed E-state index contributed by atoms with van der Waals surface area (Å²) >= 11 is 0. The topological polar surface area (TPSA) is 67.2 Å². The summed E-state index contributed by atoms with van der Waals surface area (Å²) in [5.74, 6) is 5.22. The van der Waals surface area contributed by atoms with Gasteiger partial charge < -0.3 is 10.7 Å². The van der Waals surface area contributed by atoms with Gasteiger partial charge in [-0.2, -0.15) is 0 Å². The minimum Gasteiger partial charge on any atom is -0.348 e. The molecule has 62 valence electrons. The summed E-state index contributed by atoms with van der Waals surface area (Å²) < 4.78 is 0. The SMILES string of the molecule is NNc1ccc2c(c1)CNC2=O. The number of hydrogen-bond donors (Lipinski definition) is 3. The Morgan fingerprint density at radius 2 is 2.33 bits per heavy atom. The number of nitrogens with one attached hydrogen (secondary N) is 2. The normalized spacial score (nSPS) is 13.9. The first-order chi connectivity index (χ1) is 5.81. The molecule has 0 saturated carbocycles. The van der Waals surface area contributed by atoms with E-state index in [1.165, 1.54) is 0 Å². The van der Waals surface area contributed by atoms with Crippen molar-refractivity contribution in [3.05, 3.63) is 29.3 Å². The summed E-state index contributed by atoms with van der Waals surface area (Å²) in [5.41, 5.74) is 5.10. The van der Waals surface area contributed by atoms with E-state index in [-0.39, 0.29) is 5.91 Å². The highest BCUT2D eigenvalue weighted by Crippen LogP contribution is 2.18. The lowest BCUT2D eigenvalue weighted by Gasteiger charge is -2.00. The number of hydrogen-bond acceptors (Lipinski definition) is 3. The van der Waals surface area contributed by atoms with E-state index in [1.54, 1.807) is 12.1 Å². The smallest absolute Gasteiger partial charge is 0.251 e. The third kappa shape index (κ3) is 0.931. The molecule has 1 aromatic rings. The van der Waals surface area contributed by atoms with Gasteiger partial charge in [-0.25, -0.2) is 0 Å². The predicted octanol–water partition coefficient (Wildman–Crippen LogP) is 0.216. The zero-order valence-corrected chi connectivity index (χ0v) is 6.42. The molecule has 0 aromatic heterocycles. The number of nitrogen functional groups attached to an aromatic ring is 1. The van der Waals surface area contributed by atoms with Crippen molar-refractivity contribution in [1.29, 1.82) is 0 Å². The average Bonchev–Trinajstić information content (AvgIpc) is 2.47. The summed E-state index contributed by atoms with van der Waals surface area (Å²) in [7, 11) is 0. The quantitative estimate of drug-likeness (QED) is 0.409. The number of amides is 1. The van der Waals surface area contributed by atoms with Crippen LogP contribution in [0.1, 0.15) is 15.9 Å². The van der Waals surface area contributed by atoms with Crippen LogP contribution >= 0.6 is 0 Å². The van der Waals surface area contributed by atoms with Gasteiger partial charge in [0.25, 0.3) is 5.91 Å². The Bertz CT molecular complexity index is 335. The Morgan fingerprint density at radius 1 is 1.50 bits per heavy atom. The van der Waals surface area contributed by atoms with Crippen molar-refractivity contribution >= 4 is 11.6 Å². The summed E-state index contributed by atoms with van der Waals surface area (Å²) in [5, 5.41) is 2.73. The highest BCUT2D eigenvalue weighted by Gasteiger charge is 2.17. The van der Waals surface area contributed by atoms with Crippen molar-refractivity contribution in [1.82, 2.24) is 5.32 Å². The minimum atomic E-state index is -0.00595. The average molecular weight is 163 g/mol. The fraction of sp³-hybridized carbons (Fsp3) is 0.125. The van der Waals surface area contributed by atoms with E-state index in [2.05, 4.69) is 10.7 Å². The van der Waals surface area contributed by atoms with Gasteiger partial charge >= 0.3 is 0 Å². The molecule has 1 amide bonds. The van der Waals surface area contributed by atoms with Gasteiger partial charge in [-0.3, -0.25) is 10.6 Å². The van der Waals surface area contributed by atoms with Gasteiger partial charge in [-0.05, 0) is 23.8 Å². The van der Waals surface area contributed by atoms with E-state index >= 15 is 0 Å². The van der Waals surface area contributed by atoms with Gasteiger partial charge in [-0.1, -0.05) is 0 Å². The number of nitrogens with two attached hydrogens (primary N) is 1. The van der Waals surface area contributed by atoms with Crippen LogP contribution in [-0.2, 0) is 6.54 Å². The molecule has 0 aliphatic carbocycles. The fourth-order valence-corrected chi connectivity index (χ4v) is 1.32. The van der Waals surface area contributed by atoms with Crippen LogP contribution in [0.3, 0.4) is 0 Å².